The minimum absolute atomic E-state index is 0.170. The van der Waals surface area contributed by atoms with Crippen LogP contribution in [0.1, 0.15) is 30.9 Å². The Morgan fingerprint density at radius 3 is 2.82 bits per heavy atom. The summed E-state index contributed by atoms with van der Waals surface area (Å²) in [7, 11) is 2.13. The third-order valence-electron chi connectivity index (χ3n) is 6.58. The summed E-state index contributed by atoms with van der Waals surface area (Å²) in [4.78, 5) is 17.7. The van der Waals surface area contributed by atoms with Crippen LogP contribution < -0.4 is 10.1 Å². The van der Waals surface area contributed by atoms with Crippen molar-refractivity contribution in [3.8, 4) is 5.75 Å². The van der Waals surface area contributed by atoms with Crippen molar-refractivity contribution in [3.63, 3.8) is 0 Å². The van der Waals surface area contributed by atoms with Gasteiger partial charge < -0.3 is 20.1 Å². The second-order valence-electron chi connectivity index (χ2n) is 8.68. The van der Waals surface area contributed by atoms with Crippen LogP contribution in [0.3, 0.4) is 0 Å². The SMILES string of the molecule is Cc1ccc2c(c1)[C@]1(C)CCC(O)=C(C(=O)NCCN3CCN(C)CC3)[C@@H]1O2. The van der Waals surface area contributed by atoms with Crippen LogP contribution in [0.4, 0.5) is 0 Å². The summed E-state index contributed by atoms with van der Waals surface area (Å²) < 4.78 is 6.19. The third kappa shape index (κ3) is 3.40. The Labute approximate surface area is 167 Å². The highest BCUT2D eigenvalue weighted by molar-refractivity contribution is 5.96. The Kier molecular flexibility index (Phi) is 5.10. The molecule has 1 aromatic rings. The number of benzene rings is 1. The molecule has 2 atom stereocenters. The maximum Gasteiger partial charge on any atom is 0.254 e. The summed E-state index contributed by atoms with van der Waals surface area (Å²) in [6.07, 6.45) is 0.852. The number of hydrogen-bond acceptors (Lipinski definition) is 5. The maximum absolute atomic E-state index is 13.0. The lowest BCUT2D eigenvalue weighted by atomic mass is 9.69. The number of carbonyl (C=O) groups excluding carboxylic acids is 1. The molecule has 0 saturated carbocycles. The van der Waals surface area contributed by atoms with Crippen LogP contribution in [-0.4, -0.2) is 73.2 Å². The fourth-order valence-electron chi connectivity index (χ4n) is 4.64. The molecular formula is C22H31N3O3. The van der Waals surface area contributed by atoms with Crippen LogP contribution in [-0.2, 0) is 10.2 Å². The molecule has 0 radical (unpaired) electrons. The number of aliphatic hydroxyl groups is 1. The van der Waals surface area contributed by atoms with Crippen LogP contribution in [0.25, 0.3) is 0 Å². The molecule has 6 nitrogen and oxygen atoms in total. The summed E-state index contributed by atoms with van der Waals surface area (Å²) in [5, 5.41) is 13.6. The molecule has 1 saturated heterocycles. The molecule has 1 aromatic carbocycles. The summed E-state index contributed by atoms with van der Waals surface area (Å²) >= 11 is 0. The molecular weight excluding hydrogens is 354 g/mol. The number of ether oxygens (including phenoxy) is 1. The van der Waals surface area contributed by atoms with Crippen molar-refractivity contribution in [2.24, 2.45) is 0 Å². The number of nitrogens with zero attached hydrogens (tertiary/aromatic N) is 2. The molecule has 4 rings (SSSR count). The molecule has 1 fully saturated rings. The molecule has 2 N–H and O–H groups in total. The minimum atomic E-state index is -0.429. The fraction of sp³-hybridized carbons (Fsp3) is 0.591. The van der Waals surface area contributed by atoms with Gasteiger partial charge in [0.25, 0.3) is 5.91 Å². The lowest BCUT2D eigenvalue weighted by molar-refractivity contribution is -0.119. The van der Waals surface area contributed by atoms with E-state index in [1.165, 1.54) is 5.56 Å². The van der Waals surface area contributed by atoms with Gasteiger partial charge in [0.15, 0.2) is 0 Å². The lowest BCUT2D eigenvalue weighted by Gasteiger charge is -2.36. The van der Waals surface area contributed by atoms with Crippen LogP contribution in [0, 0.1) is 6.92 Å². The number of fused-ring (bicyclic) bond motifs is 3. The van der Waals surface area contributed by atoms with Gasteiger partial charge >= 0.3 is 0 Å². The zero-order valence-electron chi connectivity index (χ0n) is 17.1. The topological polar surface area (TPSA) is 65.0 Å². The van der Waals surface area contributed by atoms with Crippen LogP contribution in [0.5, 0.6) is 5.75 Å². The van der Waals surface area contributed by atoms with Crippen molar-refractivity contribution in [2.75, 3.05) is 46.3 Å². The first-order chi connectivity index (χ1) is 13.4. The first kappa shape index (κ1) is 19.3. The molecule has 1 aliphatic carbocycles. The van der Waals surface area contributed by atoms with E-state index in [9.17, 15) is 9.90 Å². The molecule has 6 heteroatoms. The normalized spacial score (nSPS) is 27.9. The van der Waals surface area contributed by atoms with E-state index in [1.807, 2.05) is 12.1 Å². The number of carbonyl (C=O) groups is 1. The van der Waals surface area contributed by atoms with Crippen LogP contribution in [0.15, 0.2) is 29.5 Å². The van der Waals surface area contributed by atoms with E-state index in [0.717, 1.165) is 50.5 Å². The summed E-state index contributed by atoms with van der Waals surface area (Å²) in [6.45, 7) is 9.80. The van der Waals surface area contributed by atoms with E-state index in [-0.39, 0.29) is 17.1 Å². The fourth-order valence-corrected chi connectivity index (χ4v) is 4.64. The molecule has 0 aromatic heterocycles. The number of rotatable bonds is 4. The number of hydrogen-bond donors (Lipinski definition) is 2. The van der Waals surface area contributed by atoms with E-state index < -0.39 is 6.10 Å². The molecule has 1 amide bonds. The first-order valence-corrected chi connectivity index (χ1v) is 10.3. The van der Waals surface area contributed by atoms with E-state index in [4.69, 9.17) is 4.74 Å². The van der Waals surface area contributed by atoms with Crippen molar-refractivity contribution >= 4 is 5.91 Å². The van der Waals surface area contributed by atoms with Gasteiger partial charge in [0, 0.05) is 56.7 Å². The van der Waals surface area contributed by atoms with Crippen molar-refractivity contribution < 1.29 is 14.6 Å². The highest BCUT2D eigenvalue weighted by Gasteiger charge is 2.52. The van der Waals surface area contributed by atoms with Gasteiger partial charge in [-0.25, -0.2) is 0 Å². The van der Waals surface area contributed by atoms with Gasteiger partial charge in [0.1, 0.15) is 17.6 Å². The summed E-state index contributed by atoms with van der Waals surface area (Å²) in [6, 6.07) is 6.16. The molecule has 0 spiro atoms. The second-order valence-corrected chi connectivity index (χ2v) is 8.68. The highest BCUT2D eigenvalue weighted by Crippen LogP contribution is 2.51. The molecule has 0 unspecified atom stereocenters. The summed E-state index contributed by atoms with van der Waals surface area (Å²) in [5.74, 6) is 0.798. The predicted molar refractivity (Wildman–Crippen MR) is 109 cm³/mol. The van der Waals surface area contributed by atoms with Crippen molar-refractivity contribution in [1.82, 2.24) is 15.1 Å². The average Bonchev–Trinajstić information content (AvgIpc) is 2.96. The molecule has 152 valence electrons. The largest absolute Gasteiger partial charge is 0.512 e. The number of piperazine rings is 1. The third-order valence-corrected chi connectivity index (χ3v) is 6.58. The van der Waals surface area contributed by atoms with E-state index in [0.29, 0.717) is 18.5 Å². The Balaban J connectivity index is 1.44. The Bertz CT molecular complexity index is 798. The lowest BCUT2D eigenvalue weighted by Crippen LogP contribution is -2.48. The van der Waals surface area contributed by atoms with Crippen molar-refractivity contribution in [3.05, 3.63) is 40.7 Å². The summed E-state index contributed by atoms with van der Waals surface area (Å²) in [5.41, 5.74) is 2.45. The Hall–Kier alpha value is -2.05. The number of nitrogens with one attached hydrogen (secondary N) is 1. The predicted octanol–water partition coefficient (Wildman–Crippen LogP) is 1.98. The van der Waals surface area contributed by atoms with E-state index in [2.05, 4.69) is 42.1 Å². The highest BCUT2D eigenvalue weighted by atomic mass is 16.5. The van der Waals surface area contributed by atoms with Gasteiger partial charge in [-0.2, -0.15) is 0 Å². The number of allylic oxidation sites excluding steroid dienone is 1. The molecule has 3 aliphatic rings. The Morgan fingerprint density at radius 2 is 2.07 bits per heavy atom. The molecule has 28 heavy (non-hydrogen) atoms. The van der Waals surface area contributed by atoms with Crippen molar-refractivity contribution in [1.29, 1.82) is 0 Å². The van der Waals surface area contributed by atoms with E-state index in [1.54, 1.807) is 0 Å². The number of amides is 1. The molecule has 2 aliphatic heterocycles. The monoisotopic (exact) mass is 385 g/mol. The van der Waals surface area contributed by atoms with Gasteiger partial charge in [-0.05, 0) is 26.5 Å². The number of likely N-dealkylation sites (N-methyl/N-ethyl adjacent to an activating group) is 1. The maximum atomic E-state index is 13.0. The van der Waals surface area contributed by atoms with E-state index >= 15 is 0 Å². The zero-order valence-corrected chi connectivity index (χ0v) is 17.1. The Morgan fingerprint density at radius 1 is 1.32 bits per heavy atom. The molecule has 2 heterocycles. The van der Waals surface area contributed by atoms with Crippen molar-refractivity contribution in [2.45, 2.75) is 38.2 Å². The molecule has 0 bridgehead atoms. The first-order valence-electron chi connectivity index (χ1n) is 10.3. The van der Waals surface area contributed by atoms with Gasteiger partial charge in [-0.3, -0.25) is 9.69 Å². The average molecular weight is 386 g/mol. The van der Waals surface area contributed by atoms with Gasteiger partial charge in [-0.1, -0.05) is 24.6 Å². The number of aliphatic hydroxyl groups excluding tert-OH is 1. The second kappa shape index (κ2) is 7.41. The van der Waals surface area contributed by atoms with Gasteiger partial charge in [-0.15, -0.1) is 0 Å². The standard InChI is InChI=1S/C22H31N3O3/c1-15-4-5-18-16(14-15)22(2)7-6-17(26)19(20(22)28-18)21(27)23-8-9-25-12-10-24(3)11-13-25/h4-5,14,20,26H,6-13H2,1-3H3,(H,23,27)/t20-,22-/m0/s1. The van der Waals surface area contributed by atoms with Crippen LogP contribution >= 0.6 is 0 Å². The number of aryl methyl sites for hydroxylation is 1. The zero-order chi connectivity index (χ0) is 19.9. The van der Waals surface area contributed by atoms with Crippen LogP contribution in [0.2, 0.25) is 0 Å². The van der Waals surface area contributed by atoms with Gasteiger partial charge in [0.05, 0.1) is 5.57 Å². The quantitative estimate of drug-likeness (QED) is 0.830. The minimum Gasteiger partial charge on any atom is -0.512 e. The van der Waals surface area contributed by atoms with Gasteiger partial charge in [0.2, 0.25) is 0 Å². The smallest absolute Gasteiger partial charge is 0.254 e.